The van der Waals surface area contributed by atoms with Crippen LogP contribution in [0.25, 0.3) is 0 Å². The SMILES string of the molecule is Cc1c(Br)c(C(=O)NC(c2cccnc2)C2CC2)nn1C. The molecule has 0 aromatic carbocycles. The molecule has 1 fully saturated rings. The van der Waals surface area contributed by atoms with Crippen molar-refractivity contribution in [3.8, 4) is 0 Å². The van der Waals surface area contributed by atoms with Gasteiger partial charge in [-0.1, -0.05) is 6.07 Å². The zero-order valence-electron chi connectivity index (χ0n) is 12.0. The standard InChI is InChI=1S/C15H17BrN4O/c1-9-12(16)14(19-20(9)2)15(21)18-13(10-5-6-10)11-4-3-7-17-8-11/h3-4,7-8,10,13H,5-6H2,1-2H3,(H,18,21). The molecular weight excluding hydrogens is 332 g/mol. The lowest BCUT2D eigenvalue weighted by Crippen LogP contribution is -2.30. The molecule has 1 unspecified atom stereocenters. The summed E-state index contributed by atoms with van der Waals surface area (Å²) in [5, 5.41) is 7.39. The third-order valence-electron chi connectivity index (χ3n) is 3.90. The van der Waals surface area contributed by atoms with Gasteiger partial charge in [-0.05, 0) is 53.2 Å². The second kappa shape index (κ2) is 5.60. The van der Waals surface area contributed by atoms with Gasteiger partial charge in [-0.2, -0.15) is 5.10 Å². The Morgan fingerprint density at radius 3 is 2.81 bits per heavy atom. The van der Waals surface area contributed by atoms with Gasteiger partial charge >= 0.3 is 0 Å². The quantitative estimate of drug-likeness (QED) is 0.923. The van der Waals surface area contributed by atoms with E-state index < -0.39 is 0 Å². The molecular formula is C15H17BrN4O. The summed E-state index contributed by atoms with van der Waals surface area (Å²) >= 11 is 3.44. The number of nitrogens with one attached hydrogen (secondary N) is 1. The van der Waals surface area contributed by atoms with Gasteiger partial charge in [0, 0.05) is 19.4 Å². The fraction of sp³-hybridized carbons (Fsp3) is 0.400. The normalized spacial score (nSPS) is 15.8. The van der Waals surface area contributed by atoms with Crippen LogP contribution in [0.15, 0.2) is 29.0 Å². The van der Waals surface area contributed by atoms with E-state index in [1.165, 1.54) is 0 Å². The summed E-state index contributed by atoms with van der Waals surface area (Å²) in [5.41, 5.74) is 2.42. The van der Waals surface area contributed by atoms with Crippen molar-refractivity contribution in [3.63, 3.8) is 0 Å². The van der Waals surface area contributed by atoms with Crippen molar-refractivity contribution >= 4 is 21.8 Å². The summed E-state index contributed by atoms with van der Waals surface area (Å²) in [6.07, 6.45) is 5.85. The van der Waals surface area contributed by atoms with Crippen LogP contribution in [-0.2, 0) is 7.05 Å². The van der Waals surface area contributed by atoms with Crippen molar-refractivity contribution in [2.45, 2.75) is 25.8 Å². The molecule has 2 aromatic heterocycles. The molecule has 0 saturated heterocycles. The number of amides is 1. The molecule has 1 aliphatic carbocycles. The van der Waals surface area contributed by atoms with Gasteiger partial charge in [0.15, 0.2) is 5.69 Å². The Balaban J connectivity index is 1.83. The zero-order chi connectivity index (χ0) is 15.0. The number of aromatic nitrogens is 3. The molecule has 2 heterocycles. The monoisotopic (exact) mass is 348 g/mol. The molecule has 1 N–H and O–H groups in total. The van der Waals surface area contributed by atoms with Gasteiger partial charge < -0.3 is 5.32 Å². The summed E-state index contributed by atoms with van der Waals surface area (Å²) in [4.78, 5) is 16.7. The van der Waals surface area contributed by atoms with Gasteiger partial charge in [0.2, 0.25) is 0 Å². The van der Waals surface area contributed by atoms with E-state index in [1.807, 2.05) is 32.3 Å². The van der Waals surface area contributed by atoms with Gasteiger partial charge in [-0.25, -0.2) is 0 Å². The average Bonchev–Trinajstić information content (AvgIpc) is 3.30. The maximum absolute atomic E-state index is 12.5. The molecule has 0 bridgehead atoms. The second-order valence-corrected chi connectivity index (χ2v) is 6.24. The van der Waals surface area contributed by atoms with Crippen molar-refractivity contribution < 1.29 is 4.79 Å². The largest absolute Gasteiger partial charge is 0.343 e. The number of halogens is 1. The first-order chi connectivity index (χ1) is 10.1. The van der Waals surface area contributed by atoms with Crippen LogP contribution in [0.4, 0.5) is 0 Å². The van der Waals surface area contributed by atoms with Crippen molar-refractivity contribution in [3.05, 3.63) is 46.0 Å². The first-order valence-electron chi connectivity index (χ1n) is 6.98. The Bertz CT molecular complexity index is 664. The highest BCUT2D eigenvalue weighted by molar-refractivity contribution is 9.10. The Labute approximate surface area is 131 Å². The van der Waals surface area contributed by atoms with Gasteiger partial charge in [0.25, 0.3) is 5.91 Å². The minimum Gasteiger partial charge on any atom is -0.343 e. The lowest BCUT2D eigenvalue weighted by molar-refractivity contribution is 0.0925. The fourth-order valence-electron chi connectivity index (χ4n) is 2.40. The van der Waals surface area contributed by atoms with Crippen LogP contribution in [0.5, 0.6) is 0 Å². The van der Waals surface area contributed by atoms with E-state index in [1.54, 1.807) is 10.9 Å². The molecule has 2 aromatic rings. The van der Waals surface area contributed by atoms with Crippen LogP contribution in [0.1, 0.15) is 40.6 Å². The summed E-state index contributed by atoms with van der Waals surface area (Å²) in [7, 11) is 1.83. The topological polar surface area (TPSA) is 59.8 Å². The van der Waals surface area contributed by atoms with E-state index in [-0.39, 0.29) is 11.9 Å². The maximum atomic E-state index is 12.5. The van der Waals surface area contributed by atoms with Crippen LogP contribution in [-0.4, -0.2) is 20.7 Å². The summed E-state index contributed by atoms with van der Waals surface area (Å²) < 4.78 is 2.46. The van der Waals surface area contributed by atoms with Gasteiger partial charge in [-0.3, -0.25) is 14.5 Å². The first kappa shape index (κ1) is 14.3. The zero-order valence-corrected chi connectivity index (χ0v) is 13.6. The highest BCUT2D eigenvalue weighted by atomic mass is 79.9. The molecule has 0 radical (unpaired) electrons. The number of pyridine rings is 1. The highest BCUT2D eigenvalue weighted by Gasteiger charge is 2.34. The first-order valence-corrected chi connectivity index (χ1v) is 7.77. The predicted octanol–water partition coefficient (Wildman–Crippen LogP) is 2.77. The lowest BCUT2D eigenvalue weighted by Gasteiger charge is -2.17. The molecule has 1 aliphatic rings. The molecule has 0 spiro atoms. The summed E-state index contributed by atoms with van der Waals surface area (Å²) in [6, 6.07) is 3.92. The molecule has 1 amide bonds. The molecule has 1 saturated carbocycles. The smallest absolute Gasteiger partial charge is 0.273 e. The number of rotatable bonds is 4. The third kappa shape index (κ3) is 2.85. The Kier molecular flexibility index (Phi) is 3.80. The van der Waals surface area contributed by atoms with E-state index in [2.05, 4.69) is 31.3 Å². The summed E-state index contributed by atoms with van der Waals surface area (Å²) in [6.45, 7) is 1.92. The van der Waals surface area contributed by atoms with E-state index in [0.717, 1.165) is 28.6 Å². The highest BCUT2D eigenvalue weighted by Crippen LogP contribution is 2.41. The molecule has 21 heavy (non-hydrogen) atoms. The van der Waals surface area contributed by atoms with Crippen LogP contribution in [0.2, 0.25) is 0 Å². The van der Waals surface area contributed by atoms with E-state index in [9.17, 15) is 4.79 Å². The van der Waals surface area contributed by atoms with Gasteiger partial charge in [-0.15, -0.1) is 0 Å². The summed E-state index contributed by atoms with van der Waals surface area (Å²) in [5.74, 6) is 0.355. The molecule has 3 rings (SSSR count). The van der Waals surface area contributed by atoms with Gasteiger partial charge in [0.1, 0.15) is 0 Å². The van der Waals surface area contributed by atoms with Gasteiger partial charge in [0.05, 0.1) is 16.2 Å². The van der Waals surface area contributed by atoms with Crippen molar-refractivity contribution in [2.75, 3.05) is 0 Å². The second-order valence-electron chi connectivity index (χ2n) is 5.45. The van der Waals surface area contributed by atoms with E-state index in [0.29, 0.717) is 11.6 Å². The van der Waals surface area contributed by atoms with Crippen LogP contribution in [0, 0.1) is 12.8 Å². The number of hydrogen-bond donors (Lipinski definition) is 1. The van der Waals surface area contributed by atoms with Crippen LogP contribution < -0.4 is 5.32 Å². The van der Waals surface area contributed by atoms with Crippen LogP contribution in [0.3, 0.4) is 0 Å². The Morgan fingerprint density at radius 2 is 2.29 bits per heavy atom. The molecule has 110 valence electrons. The lowest BCUT2D eigenvalue weighted by atomic mass is 10.0. The van der Waals surface area contributed by atoms with E-state index >= 15 is 0 Å². The number of carbonyl (C=O) groups excluding carboxylic acids is 1. The van der Waals surface area contributed by atoms with Crippen molar-refractivity contribution in [2.24, 2.45) is 13.0 Å². The molecule has 1 atom stereocenters. The Morgan fingerprint density at radius 1 is 1.52 bits per heavy atom. The number of aryl methyl sites for hydroxylation is 1. The minimum atomic E-state index is -0.147. The fourth-order valence-corrected chi connectivity index (χ4v) is 2.92. The molecule has 6 heteroatoms. The average molecular weight is 349 g/mol. The Hall–Kier alpha value is -1.69. The van der Waals surface area contributed by atoms with E-state index in [4.69, 9.17) is 0 Å². The van der Waals surface area contributed by atoms with Crippen LogP contribution >= 0.6 is 15.9 Å². The molecule has 5 nitrogen and oxygen atoms in total. The van der Waals surface area contributed by atoms with Crippen molar-refractivity contribution in [1.29, 1.82) is 0 Å². The molecule has 0 aliphatic heterocycles. The number of carbonyl (C=O) groups is 1. The maximum Gasteiger partial charge on any atom is 0.273 e. The van der Waals surface area contributed by atoms with Crippen molar-refractivity contribution in [1.82, 2.24) is 20.1 Å². The minimum absolute atomic E-state index is 0.0143. The predicted molar refractivity (Wildman–Crippen MR) is 82.8 cm³/mol. The number of nitrogens with zero attached hydrogens (tertiary/aromatic N) is 3. The number of hydrogen-bond acceptors (Lipinski definition) is 3. The third-order valence-corrected chi connectivity index (χ3v) is 4.85.